The third-order valence-electron chi connectivity index (χ3n) is 5.94. The monoisotopic (exact) mass is 411 g/mol. The van der Waals surface area contributed by atoms with Gasteiger partial charge in [-0.05, 0) is 44.0 Å². The fourth-order valence-corrected chi connectivity index (χ4v) is 4.26. The molecule has 8 heteroatoms. The number of nitrogens with zero attached hydrogens (tertiary/aromatic N) is 1. The van der Waals surface area contributed by atoms with Gasteiger partial charge in [-0.15, -0.1) is 0 Å². The third kappa shape index (κ3) is 6.10. The Kier molecular flexibility index (Phi) is 7.80. The molecule has 1 aromatic carbocycles. The average molecular weight is 411 g/mol. The highest BCUT2D eigenvalue weighted by atomic mass is 19.3. The molecule has 1 aromatic rings. The summed E-state index contributed by atoms with van der Waals surface area (Å²) in [5.41, 5.74) is 0.635. The van der Waals surface area contributed by atoms with E-state index in [1.54, 1.807) is 12.1 Å². The highest BCUT2D eigenvalue weighted by Crippen LogP contribution is 2.34. The SMILES string of the molecule is C[C@@H](NCC1(N2CCOCC2)CCCCC1)C(=O)Nc1ccc(OC(F)F)cc1. The number of rotatable bonds is 8. The number of carbonyl (C=O) groups is 1. The average Bonchev–Trinajstić information content (AvgIpc) is 2.74. The van der Waals surface area contributed by atoms with Gasteiger partial charge in [-0.25, -0.2) is 0 Å². The Bertz CT molecular complexity index is 645. The van der Waals surface area contributed by atoms with Gasteiger partial charge in [0.05, 0.1) is 19.3 Å². The van der Waals surface area contributed by atoms with Gasteiger partial charge in [-0.3, -0.25) is 9.69 Å². The molecule has 1 aliphatic heterocycles. The number of hydrogen-bond donors (Lipinski definition) is 2. The van der Waals surface area contributed by atoms with Crippen LogP contribution in [0.15, 0.2) is 24.3 Å². The second kappa shape index (κ2) is 10.3. The highest BCUT2D eigenvalue weighted by molar-refractivity contribution is 5.94. The molecule has 6 nitrogen and oxygen atoms in total. The normalized spacial score (nSPS) is 21.0. The molecule has 0 spiro atoms. The van der Waals surface area contributed by atoms with Crippen molar-refractivity contribution in [2.24, 2.45) is 0 Å². The summed E-state index contributed by atoms with van der Waals surface area (Å²) in [5.74, 6) is -0.0885. The van der Waals surface area contributed by atoms with Crippen molar-refractivity contribution in [3.05, 3.63) is 24.3 Å². The number of carbonyl (C=O) groups excluding carboxylic acids is 1. The van der Waals surface area contributed by atoms with E-state index in [0.717, 1.165) is 45.7 Å². The van der Waals surface area contributed by atoms with Crippen LogP contribution in [0.3, 0.4) is 0 Å². The predicted octanol–water partition coefficient (Wildman–Crippen LogP) is 3.24. The largest absolute Gasteiger partial charge is 0.435 e. The van der Waals surface area contributed by atoms with Crippen LogP contribution in [-0.2, 0) is 9.53 Å². The smallest absolute Gasteiger partial charge is 0.387 e. The quantitative estimate of drug-likeness (QED) is 0.688. The van der Waals surface area contributed by atoms with Gasteiger partial charge in [0, 0.05) is 30.9 Å². The first-order valence-electron chi connectivity index (χ1n) is 10.4. The molecule has 29 heavy (non-hydrogen) atoms. The number of nitrogens with one attached hydrogen (secondary N) is 2. The minimum Gasteiger partial charge on any atom is -0.435 e. The molecule has 3 rings (SSSR count). The minimum atomic E-state index is -2.86. The van der Waals surface area contributed by atoms with Gasteiger partial charge in [-0.1, -0.05) is 19.3 Å². The van der Waals surface area contributed by atoms with Crippen molar-refractivity contribution in [1.29, 1.82) is 0 Å². The number of alkyl halides is 2. The maximum atomic E-state index is 12.6. The van der Waals surface area contributed by atoms with Gasteiger partial charge in [0.15, 0.2) is 0 Å². The van der Waals surface area contributed by atoms with Crippen molar-refractivity contribution in [2.45, 2.75) is 57.2 Å². The third-order valence-corrected chi connectivity index (χ3v) is 5.94. The molecule has 1 atom stereocenters. The first kappa shape index (κ1) is 21.9. The van der Waals surface area contributed by atoms with Crippen LogP contribution in [0.2, 0.25) is 0 Å². The summed E-state index contributed by atoms with van der Waals surface area (Å²) < 4.78 is 34.3. The van der Waals surface area contributed by atoms with Crippen molar-refractivity contribution in [3.8, 4) is 5.75 Å². The summed E-state index contributed by atoms with van der Waals surface area (Å²) in [6, 6.07) is 5.56. The Morgan fingerprint density at radius 3 is 2.45 bits per heavy atom. The first-order chi connectivity index (χ1) is 14.0. The first-order valence-corrected chi connectivity index (χ1v) is 10.4. The maximum absolute atomic E-state index is 12.6. The second-order valence-corrected chi connectivity index (χ2v) is 7.88. The summed E-state index contributed by atoms with van der Waals surface area (Å²) in [7, 11) is 0. The summed E-state index contributed by atoms with van der Waals surface area (Å²) in [4.78, 5) is 15.1. The van der Waals surface area contributed by atoms with E-state index in [2.05, 4.69) is 20.3 Å². The number of morpholine rings is 1. The van der Waals surface area contributed by atoms with Gasteiger partial charge in [0.2, 0.25) is 5.91 Å². The second-order valence-electron chi connectivity index (χ2n) is 7.88. The Balaban J connectivity index is 1.53. The van der Waals surface area contributed by atoms with E-state index < -0.39 is 6.61 Å². The van der Waals surface area contributed by atoms with Gasteiger partial charge < -0.3 is 20.1 Å². The molecule has 2 aliphatic rings. The van der Waals surface area contributed by atoms with Crippen molar-refractivity contribution in [1.82, 2.24) is 10.2 Å². The Morgan fingerprint density at radius 1 is 1.17 bits per heavy atom. The van der Waals surface area contributed by atoms with Crippen LogP contribution in [0.1, 0.15) is 39.0 Å². The molecular weight excluding hydrogens is 380 g/mol. The lowest BCUT2D eigenvalue weighted by Gasteiger charge is -2.48. The van der Waals surface area contributed by atoms with Crippen LogP contribution in [0.4, 0.5) is 14.5 Å². The van der Waals surface area contributed by atoms with E-state index in [9.17, 15) is 13.6 Å². The van der Waals surface area contributed by atoms with Gasteiger partial charge >= 0.3 is 6.61 Å². The maximum Gasteiger partial charge on any atom is 0.387 e. The van der Waals surface area contributed by atoms with E-state index in [-0.39, 0.29) is 23.2 Å². The summed E-state index contributed by atoms with van der Waals surface area (Å²) in [6.45, 7) is 3.16. The van der Waals surface area contributed by atoms with Crippen molar-refractivity contribution in [3.63, 3.8) is 0 Å². The number of benzene rings is 1. The molecule has 1 amide bonds. The summed E-state index contributed by atoms with van der Waals surface area (Å²) in [5, 5.41) is 6.25. The topological polar surface area (TPSA) is 62.8 Å². The number of anilines is 1. The van der Waals surface area contributed by atoms with E-state index in [0.29, 0.717) is 5.69 Å². The number of hydrogen-bond acceptors (Lipinski definition) is 5. The van der Waals surface area contributed by atoms with Crippen molar-refractivity contribution < 1.29 is 23.0 Å². The van der Waals surface area contributed by atoms with Crippen LogP contribution in [0.25, 0.3) is 0 Å². The molecule has 0 aromatic heterocycles. The lowest BCUT2D eigenvalue weighted by atomic mass is 9.79. The molecule has 0 bridgehead atoms. The molecule has 1 saturated carbocycles. The van der Waals surface area contributed by atoms with Crippen LogP contribution in [0.5, 0.6) is 5.75 Å². The zero-order chi connectivity index (χ0) is 20.7. The van der Waals surface area contributed by atoms with Gasteiger partial charge in [0.1, 0.15) is 5.75 Å². The van der Waals surface area contributed by atoms with Crippen molar-refractivity contribution in [2.75, 3.05) is 38.2 Å². The van der Waals surface area contributed by atoms with Crippen LogP contribution in [-0.4, -0.2) is 61.8 Å². The van der Waals surface area contributed by atoms with Crippen LogP contribution < -0.4 is 15.4 Å². The minimum absolute atomic E-state index is 0.0638. The Morgan fingerprint density at radius 2 is 1.83 bits per heavy atom. The van der Waals surface area contributed by atoms with E-state index >= 15 is 0 Å². The number of amides is 1. The lowest BCUT2D eigenvalue weighted by molar-refractivity contribution is -0.118. The fraction of sp³-hybridized carbons (Fsp3) is 0.667. The van der Waals surface area contributed by atoms with E-state index in [1.807, 2.05) is 6.92 Å². The lowest BCUT2D eigenvalue weighted by Crippen LogP contribution is -2.60. The molecule has 0 radical (unpaired) electrons. The number of ether oxygens (including phenoxy) is 2. The fourth-order valence-electron chi connectivity index (χ4n) is 4.26. The molecular formula is C21H31F2N3O3. The van der Waals surface area contributed by atoms with Crippen LogP contribution in [0, 0.1) is 0 Å². The van der Waals surface area contributed by atoms with Gasteiger partial charge in [-0.2, -0.15) is 8.78 Å². The zero-order valence-electron chi connectivity index (χ0n) is 17.0. The van der Waals surface area contributed by atoms with Crippen LogP contribution >= 0.6 is 0 Å². The predicted molar refractivity (Wildman–Crippen MR) is 107 cm³/mol. The molecule has 162 valence electrons. The Labute approximate surface area is 170 Å². The van der Waals surface area contributed by atoms with E-state index in [1.165, 1.54) is 31.4 Å². The number of halogens is 2. The summed E-state index contributed by atoms with van der Waals surface area (Å²) in [6.07, 6.45) is 5.98. The molecule has 1 heterocycles. The highest BCUT2D eigenvalue weighted by Gasteiger charge is 2.38. The molecule has 2 N–H and O–H groups in total. The van der Waals surface area contributed by atoms with Gasteiger partial charge in [0.25, 0.3) is 0 Å². The zero-order valence-corrected chi connectivity index (χ0v) is 17.0. The summed E-state index contributed by atoms with van der Waals surface area (Å²) >= 11 is 0. The molecule has 1 saturated heterocycles. The molecule has 2 fully saturated rings. The van der Waals surface area contributed by atoms with E-state index in [4.69, 9.17) is 4.74 Å². The standard InChI is InChI=1S/C21H31F2N3O3/c1-16(19(27)25-17-5-7-18(8-6-17)29-20(22)23)24-15-21(9-3-2-4-10-21)26-11-13-28-14-12-26/h5-8,16,20,24H,2-4,9-15H2,1H3,(H,25,27)/t16-/m1/s1. The molecule has 1 aliphatic carbocycles. The molecule has 0 unspecified atom stereocenters. The van der Waals surface area contributed by atoms with Crippen molar-refractivity contribution >= 4 is 11.6 Å². The Hall–Kier alpha value is -1.77.